The molecule has 1 atom stereocenters. The maximum absolute atomic E-state index is 12.7. The largest absolute Gasteiger partial charge is 0.444 e. The summed E-state index contributed by atoms with van der Waals surface area (Å²) in [6.07, 6.45) is 2.67. The first-order chi connectivity index (χ1) is 14.1. The maximum atomic E-state index is 12.7. The molecule has 1 unspecified atom stereocenters. The van der Waals surface area contributed by atoms with Crippen LogP contribution in [0.25, 0.3) is 11.0 Å². The molecule has 7 nitrogen and oxygen atoms in total. The van der Waals surface area contributed by atoms with E-state index in [1.165, 1.54) is 6.07 Å². The van der Waals surface area contributed by atoms with E-state index in [1.54, 1.807) is 26.8 Å². The van der Waals surface area contributed by atoms with E-state index in [0.29, 0.717) is 30.4 Å². The number of nitrogens with one attached hydrogen (secondary N) is 1. The summed E-state index contributed by atoms with van der Waals surface area (Å²) in [4.78, 5) is 37.0. The van der Waals surface area contributed by atoms with Crippen LogP contribution >= 0.6 is 11.6 Å². The molecule has 0 bridgehead atoms. The van der Waals surface area contributed by atoms with Gasteiger partial charge in [-0.2, -0.15) is 0 Å². The topological polar surface area (TPSA) is 94.8 Å². The molecule has 0 radical (unpaired) electrons. The number of alkyl carbamates (subject to hydrolysis) is 1. The summed E-state index contributed by atoms with van der Waals surface area (Å²) in [7, 11) is 0. The van der Waals surface area contributed by atoms with Crippen LogP contribution in [0.1, 0.15) is 58.1 Å². The number of carbonyl (C=O) groups is 2. The Hall–Kier alpha value is -2.54. The molecule has 0 aliphatic heterocycles. The summed E-state index contributed by atoms with van der Waals surface area (Å²) in [5, 5.41) is 3.52. The number of ether oxygens (including phenoxy) is 2. The van der Waals surface area contributed by atoms with Crippen molar-refractivity contribution in [2.45, 2.75) is 71.4 Å². The van der Waals surface area contributed by atoms with Crippen LogP contribution < -0.4 is 15.7 Å². The number of benzene rings is 1. The second-order valence-corrected chi connectivity index (χ2v) is 8.79. The highest BCUT2D eigenvalue weighted by atomic mass is 35.5. The molecule has 0 saturated heterocycles. The fraction of sp³-hybridized carbons (Fsp3) is 0.500. The van der Waals surface area contributed by atoms with Crippen LogP contribution in [0.2, 0.25) is 5.02 Å². The molecular formula is C22H26ClNO6. The van der Waals surface area contributed by atoms with Crippen LogP contribution in [0.5, 0.6) is 5.75 Å². The molecule has 162 valence electrons. The Morgan fingerprint density at radius 1 is 1.23 bits per heavy atom. The predicted molar refractivity (Wildman–Crippen MR) is 113 cm³/mol. The lowest BCUT2D eigenvalue weighted by molar-refractivity contribution is -0.137. The molecule has 30 heavy (non-hydrogen) atoms. The summed E-state index contributed by atoms with van der Waals surface area (Å²) in [5.74, 6) is -0.602. The van der Waals surface area contributed by atoms with Crippen molar-refractivity contribution >= 4 is 34.6 Å². The van der Waals surface area contributed by atoms with Gasteiger partial charge in [-0.15, -0.1) is 0 Å². The van der Waals surface area contributed by atoms with Gasteiger partial charge in [0.05, 0.1) is 5.02 Å². The van der Waals surface area contributed by atoms with Crippen molar-refractivity contribution in [3.63, 3.8) is 0 Å². The maximum Gasteiger partial charge on any atom is 0.408 e. The number of hydrogen-bond acceptors (Lipinski definition) is 6. The van der Waals surface area contributed by atoms with Crippen molar-refractivity contribution in [2.75, 3.05) is 0 Å². The minimum absolute atomic E-state index is 0.0716. The van der Waals surface area contributed by atoms with Gasteiger partial charge in [0.15, 0.2) is 5.75 Å². The average Bonchev–Trinajstić information content (AvgIpc) is 3.12. The van der Waals surface area contributed by atoms with E-state index in [4.69, 9.17) is 25.5 Å². The third kappa shape index (κ3) is 4.95. The highest BCUT2D eigenvalue weighted by Gasteiger charge is 2.27. The van der Waals surface area contributed by atoms with Crippen molar-refractivity contribution in [1.29, 1.82) is 0 Å². The molecular weight excluding hydrogens is 410 g/mol. The van der Waals surface area contributed by atoms with Crippen LogP contribution in [0.4, 0.5) is 4.79 Å². The van der Waals surface area contributed by atoms with E-state index in [-0.39, 0.29) is 16.4 Å². The standard InChI is InChI=1S/C22H26ClNO6/c1-5-7-16(24-21(27)30-22(2,3)4)20(26)29-18-11-17-14(10-15(18)23)12-8-6-9-13(12)19(25)28-17/h10-11,16H,5-9H2,1-4H3,(H,24,27). The van der Waals surface area contributed by atoms with Crippen molar-refractivity contribution in [3.8, 4) is 5.75 Å². The van der Waals surface area contributed by atoms with Gasteiger partial charge in [-0.1, -0.05) is 24.9 Å². The van der Waals surface area contributed by atoms with Crippen LogP contribution in [0.3, 0.4) is 0 Å². The number of rotatable bonds is 5. The van der Waals surface area contributed by atoms with E-state index < -0.39 is 23.7 Å². The van der Waals surface area contributed by atoms with Crippen molar-refractivity contribution < 1.29 is 23.5 Å². The van der Waals surface area contributed by atoms with Gasteiger partial charge in [0, 0.05) is 17.0 Å². The molecule has 1 heterocycles. The molecule has 3 rings (SSSR count). The Labute approximate surface area is 179 Å². The number of amides is 1. The fourth-order valence-electron chi connectivity index (χ4n) is 3.53. The Kier molecular flexibility index (Phi) is 6.41. The number of hydrogen-bond donors (Lipinski definition) is 1. The van der Waals surface area contributed by atoms with Gasteiger partial charge in [0.25, 0.3) is 0 Å². The zero-order valence-corrected chi connectivity index (χ0v) is 18.4. The summed E-state index contributed by atoms with van der Waals surface area (Å²) in [6.45, 7) is 7.09. The Morgan fingerprint density at radius 2 is 1.93 bits per heavy atom. The van der Waals surface area contributed by atoms with Gasteiger partial charge in [0.1, 0.15) is 17.2 Å². The van der Waals surface area contributed by atoms with Gasteiger partial charge in [-0.05, 0) is 58.1 Å². The fourth-order valence-corrected chi connectivity index (χ4v) is 3.73. The lowest BCUT2D eigenvalue weighted by Gasteiger charge is -2.22. The molecule has 1 aromatic heterocycles. The quantitative estimate of drug-likeness (QED) is 0.421. The molecule has 1 aliphatic carbocycles. The summed E-state index contributed by atoms with van der Waals surface area (Å²) in [6, 6.07) is 2.21. The zero-order chi connectivity index (χ0) is 22.1. The highest BCUT2D eigenvalue weighted by molar-refractivity contribution is 6.33. The van der Waals surface area contributed by atoms with E-state index in [2.05, 4.69) is 5.32 Å². The number of halogens is 1. The molecule has 0 saturated carbocycles. The molecule has 1 aliphatic rings. The number of carbonyl (C=O) groups excluding carboxylic acids is 2. The summed E-state index contributed by atoms with van der Waals surface area (Å²) < 4.78 is 16.1. The monoisotopic (exact) mass is 435 g/mol. The number of aryl methyl sites for hydroxylation is 1. The van der Waals surface area contributed by atoms with Gasteiger partial charge in [-0.25, -0.2) is 14.4 Å². The Bertz CT molecular complexity index is 1040. The predicted octanol–water partition coefficient (Wildman–Crippen LogP) is 4.53. The SMILES string of the molecule is CCCC(NC(=O)OC(C)(C)C)C(=O)Oc1cc2oc(=O)c3c(c2cc1Cl)CCC3. The highest BCUT2D eigenvalue weighted by Crippen LogP contribution is 2.34. The molecule has 1 N–H and O–H groups in total. The molecule has 0 fully saturated rings. The molecule has 8 heteroatoms. The number of fused-ring (bicyclic) bond motifs is 3. The van der Waals surface area contributed by atoms with E-state index in [1.807, 2.05) is 6.92 Å². The normalized spacial score (nSPS) is 14.3. The van der Waals surface area contributed by atoms with Gasteiger partial charge < -0.3 is 19.2 Å². The summed E-state index contributed by atoms with van der Waals surface area (Å²) >= 11 is 6.35. The lowest BCUT2D eigenvalue weighted by Crippen LogP contribution is -2.45. The average molecular weight is 436 g/mol. The number of esters is 1. The van der Waals surface area contributed by atoms with Crippen molar-refractivity contribution in [1.82, 2.24) is 5.32 Å². The molecule has 2 aromatic rings. The van der Waals surface area contributed by atoms with E-state index in [0.717, 1.165) is 23.8 Å². The van der Waals surface area contributed by atoms with Crippen LogP contribution in [0, 0.1) is 0 Å². The minimum Gasteiger partial charge on any atom is -0.444 e. The Morgan fingerprint density at radius 3 is 2.60 bits per heavy atom. The third-order valence-electron chi connectivity index (χ3n) is 4.79. The first-order valence-electron chi connectivity index (χ1n) is 10.1. The first-order valence-corrected chi connectivity index (χ1v) is 10.5. The Balaban J connectivity index is 1.83. The molecule has 1 amide bonds. The second kappa shape index (κ2) is 8.68. The van der Waals surface area contributed by atoms with Gasteiger partial charge in [0.2, 0.25) is 0 Å². The van der Waals surface area contributed by atoms with Crippen molar-refractivity contribution in [2.24, 2.45) is 0 Å². The second-order valence-electron chi connectivity index (χ2n) is 8.39. The zero-order valence-electron chi connectivity index (χ0n) is 17.6. The van der Waals surface area contributed by atoms with Crippen molar-refractivity contribution in [3.05, 3.63) is 38.7 Å². The lowest BCUT2D eigenvalue weighted by atomic mass is 10.1. The third-order valence-corrected chi connectivity index (χ3v) is 5.08. The van der Waals surface area contributed by atoms with Crippen LogP contribution in [0.15, 0.2) is 21.3 Å². The smallest absolute Gasteiger partial charge is 0.408 e. The van der Waals surface area contributed by atoms with Crippen LogP contribution in [-0.2, 0) is 22.4 Å². The van der Waals surface area contributed by atoms with E-state index >= 15 is 0 Å². The van der Waals surface area contributed by atoms with E-state index in [9.17, 15) is 14.4 Å². The first kappa shape index (κ1) is 22.2. The molecule has 1 aromatic carbocycles. The minimum atomic E-state index is -0.899. The summed E-state index contributed by atoms with van der Waals surface area (Å²) in [5.41, 5.74) is 0.888. The van der Waals surface area contributed by atoms with Gasteiger partial charge >= 0.3 is 17.7 Å². The van der Waals surface area contributed by atoms with Crippen LogP contribution in [-0.4, -0.2) is 23.7 Å². The molecule has 0 spiro atoms. The van der Waals surface area contributed by atoms with Gasteiger partial charge in [-0.3, -0.25) is 0 Å².